The van der Waals surface area contributed by atoms with Crippen LogP contribution >= 0.6 is 11.8 Å². The maximum atomic E-state index is 9.99. The molecule has 2 aromatic carbocycles. The van der Waals surface area contributed by atoms with Gasteiger partial charge in [0.2, 0.25) is 0 Å². The van der Waals surface area contributed by atoms with Gasteiger partial charge in [-0.15, -0.1) is 0 Å². The van der Waals surface area contributed by atoms with Gasteiger partial charge in [-0.1, -0.05) is 42.1 Å². The van der Waals surface area contributed by atoms with Crippen LogP contribution in [0.3, 0.4) is 0 Å². The zero-order chi connectivity index (χ0) is 13.9. The first-order valence-electron chi connectivity index (χ1n) is 6.20. The molecular formula is C15H14N2O2S. The normalized spacial score (nSPS) is 17.4. The molecule has 20 heavy (non-hydrogen) atoms. The summed E-state index contributed by atoms with van der Waals surface area (Å²) in [7, 11) is 1.61. The smallest absolute Gasteiger partial charge is 0.126 e. The molecule has 0 fully saturated rings. The number of hydrogen-bond donors (Lipinski definition) is 2. The molecule has 5 heteroatoms. The Bertz CT molecular complexity index is 644. The van der Waals surface area contributed by atoms with Crippen molar-refractivity contribution in [3.63, 3.8) is 0 Å². The lowest BCUT2D eigenvalue weighted by atomic mass is 10.2. The molecule has 0 saturated heterocycles. The van der Waals surface area contributed by atoms with E-state index in [2.05, 4.69) is 10.5 Å². The summed E-state index contributed by atoms with van der Waals surface area (Å²) in [5.74, 6) is 0.952. The van der Waals surface area contributed by atoms with Gasteiger partial charge in [0, 0.05) is 11.1 Å². The molecule has 2 aromatic rings. The zero-order valence-corrected chi connectivity index (χ0v) is 11.7. The molecule has 3 rings (SSSR count). The van der Waals surface area contributed by atoms with E-state index in [4.69, 9.17) is 4.74 Å². The average Bonchev–Trinajstić information content (AvgIpc) is 2.98. The van der Waals surface area contributed by atoms with E-state index in [1.165, 1.54) is 0 Å². The summed E-state index contributed by atoms with van der Waals surface area (Å²) in [5.41, 5.74) is 4.88. The second kappa shape index (κ2) is 5.46. The monoisotopic (exact) mass is 286 g/mol. The molecule has 0 amide bonds. The second-order valence-electron chi connectivity index (χ2n) is 4.33. The first kappa shape index (κ1) is 12.9. The summed E-state index contributed by atoms with van der Waals surface area (Å²) in [5, 5.41) is 15.1. The van der Waals surface area contributed by atoms with E-state index in [-0.39, 0.29) is 11.1 Å². The highest BCUT2D eigenvalue weighted by Crippen LogP contribution is 2.39. The van der Waals surface area contributed by atoms with Crippen LogP contribution in [0.15, 0.2) is 53.6 Å². The molecule has 4 nitrogen and oxygen atoms in total. The molecule has 1 aliphatic rings. The van der Waals surface area contributed by atoms with Crippen LogP contribution in [0.5, 0.6) is 11.5 Å². The molecule has 0 aliphatic carbocycles. The van der Waals surface area contributed by atoms with Crippen LogP contribution in [0.4, 0.5) is 0 Å². The molecule has 2 N–H and O–H groups in total. The number of aromatic hydroxyl groups is 1. The van der Waals surface area contributed by atoms with Crippen LogP contribution in [0.1, 0.15) is 16.5 Å². The number of nitrogens with one attached hydrogen (secondary N) is 1. The van der Waals surface area contributed by atoms with Crippen LogP contribution in [0.25, 0.3) is 0 Å². The lowest BCUT2D eigenvalue weighted by Crippen LogP contribution is -2.07. The highest BCUT2D eigenvalue weighted by atomic mass is 32.2. The largest absolute Gasteiger partial charge is 0.508 e. The lowest BCUT2D eigenvalue weighted by molar-refractivity contribution is 0.410. The van der Waals surface area contributed by atoms with E-state index in [0.717, 1.165) is 16.2 Å². The van der Waals surface area contributed by atoms with Crippen LogP contribution in [-0.2, 0) is 0 Å². The van der Waals surface area contributed by atoms with Gasteiger partial charge in [-0.3, -0.25) is 5.43 Å². The number of nitrogens with zero attached hydrogens (tertiary/aromatic N) is 1. The fourth-order valence-corrected chi connectivity index (χ4v) is 3.02. The number of rotatable bonds is 3. The van der Waals surface area contributed by atoms with E-state index in [0.29, 0.717) is 5.75 Å². The van der Waals surface area contributed by atoms with Crippen LogP contribution in [-0.4, -0.2) is 17.3 Å². The Morgan fingerprint density at radius 3 is 2.75 bits per heavy atom. The van der Waals surface area contributed by atoms with Crippen molar-refractivity contribution in [2.24, 2.45) is 5.10 Å². The first-order valence-corrected chi connectivity index (χ1v) is 7.08. The van der Waals surface area contributed by atoms with Gasteiger partial charge < -0.3 is 9.84 Å². The summed E-state index contributed by atoms with van der Waals surface area (Å²) in [6.07, 6.45) is 0. The molecular weight excluding hydrogens is 272 g/mol. The topological polar surface area (TPSA) is 53.9 Å². The van der Waals surface area contributed by atoms with Gasteiger partial charge in [-0.25, -0.2) is 0 Å². The van der Waals surface area contributed by atoms with E-state index < -0.39 is 0 Å². The summed E-state index contributed by atoms with van der Waals surface area (Å²) in [6.45, 7) is 0. The molecule has 1 unspecified atom stereocenters. The number of methoxy groups -OCH3 is 1. The van der Waals surface area contributed by atoms with Crippen molar-refractivity contribution in [3.05, 3.63) is 59.7 Å². The SMILES string of the molecule is COc1ccc(O)c(C2NN=C(c3ccccc3)S2)c1. The van der Waals surface area contributed by atoms with Gasteiger partial charge in [-0.2, -0.15) is 5.10 Å². The van der Waals surface area contributed by atoms with Gasteiger partial charge in [-0.05, 0) is 18.2 Å². The van der Waals surface area contributed by atoms with Crippen molar-refractivity contribution in [2.75, 3.05) is 7.11 Å². The summed E-state index contributed by atoms with van der Waals surface area (Å²) in [4.78, 5) is 0. The Balaban J connectivity index is 1.82. The molecule has 1 atom stereocenters. The number of ether oxygens (including phenoxy) is 1. The fraction of sp³-hybridized carbons (Fsp3) is 0.133. The van der Waals surface area contributed by atoms with E-state index >= 15 is 0 Å². The van der Waals surface area contributed by atoms with Gasteiger partial charge >= 0.3 is 0 Å². The Morgan fingerprint density at radius 2 is 2.00 bits per heavy atom. The minimum atomic E-state index is -0.111. The van der Waals surface area contributed by atoms with Crippen LogP contribution in [0.2, 0.25) is 0 Å². The molecule has 1 heterocycles. The predicted molar refractivity (Wildman–Crippen MR) is 81.1 cm³/mol. The van der Waals surface area contributed by atoms with E-state index in [1.807, 2.05) is 36.4 Å². The number of benzene rings is 2. The Hall–Kier alpha value is -2.14. The molecule has 0 saturated carbocycles. The second-order valence-corrected chi connectivity index (χ2v) is 5.43. The third-order valence-corrected chi connectivity index (χ3v) is 4.20. The summed E-state index contributed by atoms with van der Waals surface area (Å²) in [6, 6.07) is 15.2. The minimum absolute atomic E-state index is 0.111. The highest BCUT2D eigenvalue weighted by molar-refractivity contribution is 8.14. The summed E-state index contributed by atoms with van der Waals surface area (Å²) < 4.78 is 5.20. The minimum Gasteiger partial charge on any atom is -0.508 e. The Kier molecular flexibility index (Phi) is 3.52. The number of phenolic OH excluding ortho intramolecular Hbond substituents is 1. The predicted octanol–water partition coefficient (Wildman–Crippen LogP) is 3.10. The fourth-order valence-electron chi connectivity index (χ4n) is 2.00. The third-order valence-electron chi connectivity index (χ3n) is 3.05. The van der Waals surface area contributed by atoms with Crippen molar-refractivity contribution in [2.45, 2.75) is 5.37 Å². The number of hydrazone groups is 1. The summed E-state index contributed by atoms with van der Waals surface area (Å²) >= 11 is 1.57. The first-order chi connectivity index (χ1) is 9.78. The molecule has 0 aromatic heterocycles. The van der Waals surface area contributed by atoms with E-state index in [9.17, 15) is 5.11 Å². The zero-order valence-electron chi connectivity index (χ0n) is 10.9. The molecule has 0 spiro atoms. The van der Waals surface area contributed by atoms with Gasteiger partial charge in [0.05, 0.1) is 7.11 Å². The van der Waals surface area contributed by atoms with Crippen molar-refractivity contribution >= 4 is 16.8 Å². The molecule has 0 bridgehead atoms. The maximum absolute atomic E-state index is 9.99. The van der Waals surface area contributed by atoms with E-state index in [1.54, 1.807) is 31.0 Å². The highest BCUT2D eigenvalue weighted by Gasteiger charge is 2.24. The molecule has 1 aliphatic heterocycles. The maximum Gasteiger partial charge on any atom is 0.126 e. The third kappa shape index (κ3) is 2.44. The van der Waals surface area contributed by atoms with Crippen molar-refractivity contribution in [1.29, 1.82) is 0 Å². The van der Waals surface area contributed by atoms with Gasteiger partial charge in [0.15, 0.2) is 0 Å². The number of phenols is 1. The quantitative estimate of drug-likeness (QED) is 0.910. The molecule has 0 radical (unpaired) electrons. The van der Waals surface area contributed by atoms with Crippen molar-refractivity contribution in [3.8, 4) is 11.5 Å². The molecule has 102 valence electrons. The standard InChI is InChI=1S/C15H14N2O2S/c1-19-11-7-8-13(18)12(9-11)15-17-16-14(20-15)10-5-3-2-4-6-10/h2-9,15,17-18H,1H3. The van der Waals surface area contributed by atoms with Crippen LogP contribution < -0.4 is 10.2 Å². The van der Waals surface area contributed by atoms with Gasteiger partial charge in [0.25, 0.3) is 0 Å². The lowest BCUT2D eigenvalue weighted by Gasteiger charge is -2.12. The number of hydrogen-bond acceptors (Lipinski definition) is 5. The van der Waals surface area contributed by atoms with Crippen molar-refractivity contribution < 1.29 is 9.84 Å². The number of thioether (sulfide) groups is 1. The van der Waals surface area contributed by atoms with Crippen LogP contribution in [0, 0.1) is 0 Å². The Morgan fingerprint density at radius 1 is 1.20 bits per heavy atom. The van der Waals surface area contributed by atoms with Crippen molar-refractivity contribution in [1.82, 2.24) is 5.43 Å². The Labute approximate surface area is 121 Å². The average molecular weight is 286 g/mol. The van der Waals surface area contributed by atoms with Gasteiger partial charge in [0.1, 0.15) is 21.9 Å².